The topological polar surface area (TPSA) is 71.0 Å². The van der Waals surface area contributed by atoms with Gasteiger partial charge in [-0.15, -0.1) is 0 Å². The highest BCUT2D eigenvalue weighted by Crippen LogP contribution is 2.25. The first kappa shape index (κ1) is 14.2. The fourth-order valence-electron chi connectivity index (χ4n) is 2.21. The van der Waals surface area contributed by atoms with Gasteiger partial charge in [-0.05, 0) is 19.8 Å². The average molecular weight is 324 g/mol. The van der Waals surface area contributed by atoms with Crippen LogP contribution in [0.15, 0.2) is 12.3 Å². The molecule has 110 valence electrons. The third-order valence-electron chi connectivity index (χ3n) is 3.14. The molecule has 0 spiro atoms. The van der Waals surface area contributed by atoms with Crippen LogP contribution in [0.25, 0.3) is 0 Å². The number of halogens is 1. The Balaban J connectivity index is 1.74. The van der Waals surface area contributed by atoms with E-state index in [0.29, 0.717) is 21.8 Å². The largest absolute Gasteiger partial charge is 0.337 e. The van der Waals surface area contributed by atoms with Crippen molar-refractivity contribution in [3.05, 3.63) is 28.2 Å². The van der Waals surface area contributed by atoms with E-state index >= 15 is 0 Å². The van der Waals surface area contributed by atoms with Crippen LogP contribution in [0, 0.1) is 6.92 Å². The summed E-state index contributed by atoms with van der Waals surface area (Å²) in [5, 5.41) is 4.73. The molecule has 0 unspecified atom stereocenters. The number of carbonyl (C=O) groups is 1. The summed E-state index contributed by atoms with van der Waals surface area (Å²) in [5.41, 5.74) is 0. The Labute approximate surface area is 131 Å². The summed E-state index contributed by atoms with van der Waals surface area (Å²) in [6, 6.07) is 1.64. The summed E-state index contributed by atoms with van der Waals surface area (Å²) in [7, 11) is 0. The van der Waals surface area contributed by atoms with E-state index in [1.54, 1.807) is 19.2 Å². The van der Waals surface area contributed by atoms with Gasteiger partial charge in [0.2, 0.25) is 0 Å². The molecule has 0 aromatic carbocycles. The van der Waals surface area contributed by atoms with Crippen molar-refractivity contribution in [1.82, 2.24) is 19.9 Å². The lowest BCUT2D eigenvalue weighted by molar-refractivity contribution is 0.0792. The van der Waals surface area contributed by atoms with Gasteiger partial charge in [0, 0.05) is 19.2 Å². The Kier molecular flexibility index (Phi) is 4.03. The molecule has 6 nitrogen and oxygen atoms in total. The van der Waals surface area contributed by atoms with E-state index in [4.69, 9.17) is 11.6 Å². The lowest BCUT2D eigenvalue weighted by Gasteiger charge is -2.12. The molecule has 1 fully saturated rings. The number of carbonyl (C=O) groups excluding carboxylic acids is 1. The Morgan fingerprint density at radius 2 is 2.14 bits per heavy atom. The zero-order chi connectivity index (χ0) is 14.8. The van der Waals surface area contributed by atoms with Crippen molar-refractivity contribution < 1.29 is 4.79 Å². The first-order valence-corrected chi connectivity index (χ1v) is 7.84. The van der Waals surface area contributed by atoms with E-state index in [2.05, 4.69) is 20.3 Å². The van der Waals surface area contributed by atoms with Crippen molar-refractivity contribution in [2.24, 2.45) is 0 Å². The molecule has 0 aliphatic carbocycles. The summed E-state index contributed by atoms with van der Waals surface area (Å²) < 4.78 is 0. The van der Waals surface area contributed by atoms with Crippen molar-refractivity contribution >= 4 is 39.7 Å². The highest BCUT2D eigenvalue weighted by molar-refractivity contribution is 7.17. The van der Waals surface area contributed by atoms with Crippen molar-refractivity contribution in [2.75, 3.05) is 18.4 Å². The Morgan fingerprint density at radius 1 is 1.38 bits per heavy atom. The lowest BCUT2D eigenvalue weighted by Crippen LogP contribution is -2.27. The van der Waals surface area contributed by atoms with Gasteiger partial charge in [-0.1, -0.05) is 22.9 Å². The van der Waals surface area contributed by atoms with Crippen LogP contribution in [-0.2, 0) is 0 Å². The minimum Gasteiger partial charge on any atom is -0.337 e. The first-order chi connectivity index (χ1) is 10.1. The molecule has 3 heterocycles. The van der Waals surface area contributed by atoms with Gasteiger partial charge in [0.05, 0.1) is 6.20 Å². The van der Waals surface area contributed by atoms with Crippen LogP contribution in [0.5, 0.6) is 0 Å². The Morgan fingerprint density at radius 3 is 2.86 bits per heavy atom. The zero-order valence-electron chi connectivity index (χ0n) is 11.5. The summed E-state index contributed by atoms with van der Waals surface area (Å²) in [4.78, 5) is 26.5. The van der Waals surface area contributed by atoms with Gasteiger partial charge in [0.1, 0.15) is 21.8 Å². The quantitative estimate of drug-likeness (QED) is 0.879. The monoisotopic (exact) mass is 323 g/mol. The minimum atomic E-state index is 0.00227. The maximum atomic E-state index is 12.2. The number of anilines is 2. The summed E-state index contributed by atoms with van der Waals surface area (Å²) in [6.45, 7) is 3.41. The molecule has 21 heavy (non-hydrogen) atoms. The van der Waals surface area contributed by atoms with Crippen molar-refractivity contribution in [3.63, 3.8) is 0 Å². The Hall–Kier alpha value is -1.73. The van der Waals surface area contributed by atoms with Crippen LogP contribution in [0.2, 0.25) is 5.15 Å². The van der Waals surface area contributed by atoms with Crippen LogP contribution in [-0.4, -0.2) is 38.8 Å². The highest BCUT2D eigenvalue weighted by atomic mass is 35.5. The molecule has 0 saturated carbocycles. The van der Waals surface area contributed by atoms with Crippen molar-refractivity contribution in [3.8, 4) is 0 Å². The van der Waals surface area contributed by atoms with Gasteiger partial charge in [0.15, 0.2) is 5.01 Å². The molecular weight excluding hydrogens is 310 g/mol. The van der Waals surface area contributed by atoms with E-state index in [9.17, 15) is 4.79 Å². The van der Waals surface area contributed by atoms with Gasteiger partial charge in [-0.3, -0.25) is 4.79 Å². The van der Waals surface area contributed by atoms with Gasteiger partial charge >= 0.3 is 0 Å². The van der Waals surface area contributed by atoms with Gasteiger partial charge in [-0.25, -0.2) is 15.0 Å². The van der Waals surface area contributed by atoms with Crippen molar-refractivity contribution in [1.29, 1.82) is 0 Å². The fourth-order valence-corrected chi connectivity index (χ4v) is 3.22. The molecule has 2 aromatic rings. The number of rotatable bonds is 3. The molecule has 0 bridgehead atoms. The summed E-state index contributed by atoms with van der Waals surface area (Å²) in [5.74, 6) is 1.18. The minimum absolute atomic E-state index is 0.00227. The number of hydrogen-bond acceptors (Lipinski definition) is 6. The number of hydrogen-bond donors (Lipinski definition) is 1. The lowest BCUT2D eigenvalue weighted by atomic mass is 10.4. The van der Waals surface area contributed by atoms with E-state index in [1.165, 1.54) is 11.3 Å². The number of likely N-dealkylation sites (tertiary alicyclic amines) is 1. The number of nitrogens with one attached hydrogen (secondary N) is 1. The summed E-state index contributed by atoms with van der Waals surface area (Å²) >= 11 is 7.21. The second-order valence-corrected chi connectivity index (χ2v) is 6.19. The first-order valence-electron chi connectivity index (χ1n) is 6.65. The standard InChI is InChI=1S/C13H14ClN5OS/c1-8-16-9(14)6-10(17-8)18-11-7-15-12(21-11)13(20)19-4-2-3-5-19/h6-7H,2-5H2,1H3,(H,16,17,18). The number of thiazole rings is 1. The van der Waals surface area contributed by atoms with Crippen LogP contribution >= 0.6 is 22.9 Å². The molecule has 1 aliphatic heterocycles. The molecule has 2 aromatic heterocycles. The Bertz CT molecular complexity index is 648. The molecule has 1 saturated heterocycles. The molecular formula is C13H14ClN5OS. The third-order valence-corrected chi connectivity index (χ3v) is 4.23. The second-order valence-electron chi connectivity index (χ2n) is 4.78. The van der Waals surface area contributed by atoms with Gasteiger partial charge in [0.25, 0.3) is 5.91 Å². The molecule has 1 N–H and O–H groups in total. The van der Waals surface area contributed by atoms with E-state index in [-0.39, 0.29) is 5.91 Å². The van der Waals surface area contributed by atoms with Crippen LogP contribution in [0.4, 0.5) is 10.8 Å². The third kappa shape index (κ3) is 3.30. The van der Waals surface area contributed by atoms with E-state index < -0.39 is 0 Å². The number of aromatic nitrogens is 3. The van der Waals surface area contributed by atoms with Crippen LogP contribution in [0.3, 0.4) is 0 Å². The van der Waals surface area contributed by atoms with E-state index in [0.717, 1.165) is 30.9 Å². The zero-order valence-corrected chi connectivity index (χ0v) is 13.0. The van der Waals surface area contributed by atoms with Crippen LogP contribution < -0.4 is 5.32 Å². The average Bonchev–Trinajstić information content (AvgIpc) is 3.07. The molecule has 1 aliphatic rings. The summed E-state index contributed by atoms with van der Waals surface area (Å²) in [6.07, 6.45) is 3.78. The van der Waals surface area contributed by atoms with Crippen LogP contribution in [0.1, 0.15) is 28.5 Å². The number of aryl methyl sites for hydroxylation is 1. The van der Waals surface area contributed by atoms with Gasteiger partial charge in [-0.2, -0.15) is 0 Å². The SMILES string of the molecule is Cc1nc(Cl)cc(Nc2cnc(C(=O)N3CCCC3)s2)n1. The molecule has 0 radical (unpaired) electrons. The fraction of sp³-hybridized carbons (Fsp3) is 0.385. The maximum Gasteiger partial charge on any atom is 0.282 e. The molecule has 8 heteroatoms. The molecule has 0 atom stereocenters. The molecule has 3 rings (SSSR count). The predicted molar refractivity (Wildman–Crippen MR) is 82.3 cm³/mol. The maximum absolute atomic E-state index is 12.2. The number of nitrogens with zero attached hydrogens (tertiary/aromatic N) is 4. The molecule has 1 amide bonds. The van der Waals surface area contributed by atoms with Gasteiger partial charge < -0.3 is 10.2 Å². The van der Waals surface area contributed by atoms with E-state index in [1.807, 2.05) is 4.90 Å². The smallest absolute Gasteiger partial charge is 0.282 e. The highest BCUT2D eigenvalue weighted by Gasteiger charge is 2.22. The number of amides is 1. The van der Waals surface area contributed by atoms with Crippen molar-refractivity contribution in [2.45, 2.75) is 19.8 Å². The second kappa shape index (κ2) is 5.95. The predicted octanol–water partition coefficient (Wildman–Crippen LogP) is 2.87. The normalized spacial score (nSPS) is 14.5.